The molecule has 11 heavy (non-hydrogen) atoms. The van der Waals surface area contributed by atoms with Crippen molar-refractivity contribution < 1.29 is 4.79 Å². The van der Waals surface area contributed by atoms with Crippen molar-refractivity contribution in [2.75, 3.05) is 0 Å². The monoisotopic (exact) mass is 172 g/mol. The molecule has 0 saturated carbocycles. The number of hydrogen-bond acceptors (Lipinski definition) is 2. The van der Waals surface area contributed by atoms with Gasteiger partial charge in [0.25, 0.3) is 0 Å². The molecule has 3 nitrogen and oxygen atoms in total. The van der Waals surface area contributed by atoms with Crippen LogP contribution in [0.3, 0.4) is 0 Å². The Labute approximate surface area is 70.0 Å². The van der Waals surface area contributed by atoms with Crippen molar-refractivity contribution in [3.05, 3.63) is 16.9 Å². The smallest absolute Gasteiger partial charge is 0.125 e. The summed E-state index contributed by atoms with van der Waals surface area (Å²) in [6.07, 6.45) is 2.73. The molecule has 1 rings (SSSR count). The van der Waals surface area contributed by atoms with Gasteiger partial charge in [-0.3, -0.25) is 4.68 Å². The summed E-state index contributed by atoms with van der Waals surface area (Å²) in [6.45, 7) is 2.70. The second-order valence-corrected chi connectivity index (χ2v) is 2.53. The Kier molecular flexibility index (Phi) is 2.65. The molecule has 60 valence electrons. The molecule has 1 heterocycles. The predicted octanol–water partition coefficient (Wildman–Crippen LogP) is 1.30. The van der Waals surface area contributed by atoms with Crippen LogP contribution in [-0.2, 0) is 17.8 Å². The van der Waals surface area contributed by atoms with Gasteiger partial charge in [0, 0.05) is 13.0 Å². The summed E-state index contributed by atoms with van der Waals surface area (Å²) in [6, 6.07) is 0. The molecule has 0 saturated heterocycles. The van der Waals surface area contributed by atoms with Gasteiger partial charge in [-0.25, -0.2) is 0 Å². The molecule has 0 radical (unpaired) electrons. The first-order chi connectivity index (χ1) is 5.29. The molecule has 0 aromatic carbocycles. The third-order valence-corrected chi connectivity index (χ3v) is 1.79. The summed E-state index contributed by atoms with van der Waals surface area (Å²) >= 11 is 5.76. The topological polar surface area (TPSA) is 34.9 Å². The summed E-state index contributed by atoms with van der Waals surface area (Å²) in [5.74, 6) is 0. The van der Waals surface area contributed by atoms with Gasteiger partial charge in [0.2, 0.25) is 0 Å². The summed E-state index contributed by atoms with van der Waals surface area (Å²) < 4.78 is 1.72. The number of rotatable bonds is 3. The number of halogens is 1. The van der Waals surface area contributed by atoms with Crippen LogP contribution in [0, 0.1) is 0 Å². The quantitative estimate of drug-likeness (QED) is 0.645. The van der Waals surface area contributed by atoms with E-state index in [0.717, 1.165) is 18.5 Å². The van der Waals surface area contributed by atoms with Crippen molar-refractivity contribution >= 4 is 17.9 Å². The molecular formula is C7H9ClN2O. The molecular weight excluding hydrogens is 164 g/mol. The summed E-state index contributed by atoms with van der Waals surface area (Å²) in [5.41, 5.74) is 0.796. The molecule has 0 spiro atoms. The second-order valence-electron chi connectivity index (χ2n) is 2.13. The number of aryl methyl sites for hydroxylation is 1. The number of carbonyl (C=O) groups is 1. The highest BCUT2D eigenvalue weighted by Crippen LogP contribution is 2.14. The zero-order chi connectivity index (χ0) is 8.27. The van der Waals surface area contributed by atoms with Crippen molar-refractivity contribution in [2.24, 2.45) is 0 Å². The van der Waals surface area contributed by atoms with Crippen LogP contribution in [0.2, 0.25) is 5.02 Å². The van der Waals surface area contributed by atoms with Gasteiger partial charge in [-0.05, 0) is 6.92 Å². The predicted molar refractivity (Wildman–Crippen MR) is 42.7 cm³/mol. The van der Waals surface area contributed by atoms with Gasteiger partial charge >= 0.3 is 0 Å². The maximum absolute atomic E-state index is 10.2. The molecule has 0 atom stereocenters. The number of hydrogen-bond donors (Lipinski definition) is 0. The van der Waals surface area contributed by atoms with E-state index in [1.165, 1.54) is 0 Å². The van der Waals surface area contributed by atoms with Crippen LogP contribution in [0.4, 0.5) is 0 Å². The number of carbonyl (C=O) groups excluding carboxylic acids is 1. The van der Waals surface area contributed by atoms with E-state index in [1.807, 2.05) is 6.92 Å². The van der Waals surface area contributed by atoms with E-state index in [1.54, 1.807) is 10.9 Å². The van der Waals surface area contributed by atoms with Gasteiger partial charge in [0.05, 0.1) is 16.9 Å². The lowest BCUT2D eigenvalue weighted by atomic mass is 10.3. The van der Waals surface area contributed by atoms with Crippen LogP contribution >= 0.6 is 11.6 Å². The molecule has 1 aromatic heterocycles. The maximum atomic E-state index is 10.2. The largest absolute Gasteiger partial charge is 0.303 e. The van der Waals surface area contributed by atoms with Crippen molar-refractivity contribution in [1.29, 1.82) is 0 Å². The zero-order valence-electron chi connectivity index (χ0n) is 6.25. The van der Waals surface area contributed by atoms with Crippen LogP contribution in [0.1, 0.15) is 12.6 Å². The highest BCUT2D eigenvalue weighted by atomic mass is 35.5. The Morgan fingerprint density at radius 1 is 1.82 bits per heavy atom. The lowest BCUT2D eigenvalue weighted by Gasteiger charge is -1.99. The molecule has 0 aliphatic rings. The highest BCUT2D eigenvalue weighted by molar-refractivity contribution is 6.31. The first-order valence-electron chi connectivity index (χ1n) is 3.43. The van der Waals surface area contributed by atoms with Crippen LogP contribution in [-0.4, -0.2) is 16.1 Å². The first kappa shape index (κ1) is 8.27. The van der Waals surface area contributed by atoms with Gasteiger partial charge in [-0.15, -0.1) is 0 Å². The summed E-state index contributed by atoms with van der Waals surface area (Å²) in [7, 11) is 0. The van der Waals surface area contributed by atoms with E-state index < -0.39 is 0 Å². The minimum atomic E-state index is 0.340. The molecule has 0 N–H and O–H groups in total. The number of aldehydes is 1. The molecule has 0 unspecified atom stereocenters. The lowest BCUT2D eigenvalue weighted by molar-refractivity contribution is -0.107. The number of aromatic nitrogens is 2. The van der Waals surface area contributed by atoms with Gasteiger partial charge in [-0.2, -0.15) is 5.10 Å². The first-order valence-corrected chi connectivity index (χ1v) is 3.81. The molecule has 4 heteroatoms. The maximum Gasteiger partial charge on any atom is 0.125 e. The van der Waals surface area contributed by atoms with E-state index in [2.05, 4.69) is 5.10 Å². The Morgan fingerprint density at radius 3 is 3.09 bits per heavy atom. The van der Waals surface area contributed by atoms with E-state index in [4.69, 9.17) is 11.6 Å². The lowest BCUT2D eigenvalue weighted by Crippen LogP contribution is -2.03. The van der Waals surface area contributed by atoms with E-state index in [9.17, 15) is 4.79 Å². The number of nitrogens with zero attached hydrogens (tertiary/aromatic N) is 2. The van der Waals surface area contributed by atoms with Crippen molar-refractivity contribution in [2.45, 2.75) is 19.9 Å². The van der Waals surface area contributed by atoms with Gasteiger partial charge in [0.1, 0.15) is 6.29 Å². The van der Waals surface area contributed by atoms with Crippen LogP contribution in [0.25, 0.3) is 0 Å². The Hall–Kier alpha value is -0.830. The zero-order valence-corrected chi connectivity index (χ0v) is 7.01. The minimum Gasteiger partial charge on any atom is -0.303 e. The normalized spacial score (nSPS) is 10.0. The Bertz CT molecular complexity index is 257. The molecule has 1 aromatic rings. The average molecular weight is 173 g/mol. The fourth-order valence-corrected chi connectivity index (χ4v) is 1.16. The van der Waals surface area contributed by atoms with Crippen molar-refractivity contribution in [3.8, 4) is 0 Å². The van der Waals surface area contributed by atoms with Crippen molar-refractivity contribution in [1.82, 2.24) is 9.78 Å². The summed E-state index contributed by atoms with van der Waals surface area (Å²) in [5, 5.41) is 4.55. The molecule has 0 bridgehead atoms. The van der Waals surface area contributed by atoms with Crippen molar-refractivity contribution in [3.63, 3.8) is 0 Å². The Morgan fingerprint density at radius 2 is 2.55 bits per heavy atom. The van der Waals surface area contributed by atoms with E-state index >= 15 is 0 Å². The SMILES string of the molecule is CCn1ncc(Cl)c1CC=O. The van der Waals surface area contributed by atoms with Crippen LogP contribution in [0.15, 0.2) is 6.20 Å². The third kappa shape index (κ3) is 1.60. The van der Waals surface area contributed by atoms with Crippen LogP contribution < -0.4 is 0 Å². The third-order valence-electron chi connectivity index (χ3n) is 1.47. The second kappa shape index (κ2) is 3.53. The standard InChI is InChI=1S/C7H9ClN2O/c1-2-10-7(3-4-11)6(8)5-9-10/h4-5H,2-3H2,1H3. The van der Waals surface area contributed by atoms with Gasteiger partial charge in [0.15, 0.2) is 0 Å². The van der Waals surface area contributed by atoms with Gasteiger partial charge < -0.3 is 4.79 Å². The highest BCUT2D eigenvalue weighted by Gasteiger charge is 2.05. The van der Waals surface area contributed by atoms with Gasteiger partial charge in [-0.1, -0.05) is 11.6 Å². The fraction of sp³-hybridized carbons (Fsp3) is 0.429. The Balaban J connectivity index is 2.96. The fourth-order valence-electron chi connectivity index (χ4n) is 0.942. The minimum absolute atomic E-state index is 0.340. The molecule has 0 aliphatic heterocycles. The van der Waals surface area contributed by atoms with Crippen LogP contribution in [0.5, 0.6) is 0 Å². The average Bonchev–Trinajstić information content (AvgIpc) is 2.34. The molecule has 0 amide bonds. The molecule has 0 aliphatic carbocycles. The van der Waals surface area contributed by atoms with E-state index in [-0.39, 0.29) is 0 Å². The summed E-state index contributed by atoms with van der Waals surface area (Å²) in [4.78, 5) is 10.2. The molecule has 0 fully saturated rings. The van der Waals surface area contributed by atoms with E-state index in [0.29, 0.717) is 11.4 Å².